The summed E-state index contributed by atoms with van der Waals surface area (Å²) in [5, 5.41) is 5.68. The Kier molecular flexibility index (Phi) is 6.77. The second-order valence-corrected chi connectivity index (χ2v) is 8.07. The number of thiazole rings is 1. The molecule has 1 saturated heterocycles. The third-order valence-corrected chi connectivity index (χ3v) is 5.78. The van der Waals surface area contributed by atoms with E-state index in [4.69, 9.17) is 5.73 Å². The van der Waals surface area contributed by atoms with Crippen molar-refractivity contribution >= 4 is 17.2 Å². The van der Waals surface area contributed by atoms with E-state index in [2.05, 4.69) is 46.4 Å². The maximum absolute atomic E-state index is 12.3. The van der Waals surface area contributed by atoms with Crippen molar-refractivity contribution in [2.45, 2.75) is 39.3 Å². The largest absolute Gasteiger partial charge is 0.347 e. The van der Waals surface area contributed by atoms with Gasteiger partial charge in [0.2, 0.25) is 0 Å². The summed E-state index contributed by atoms with van der Waals surface area (Å²) in [5.74, 6) is 0.726. The van der Waals surface area contributed by atoms with E-state index in [-0.39, 0.29) is 5.91 Å². The first-order valence-electron chi connectivity index (χ1n) is 9.37. The summed E-state index contributed by atoms with van der Waals surface area (Å²) in [5.41, 5.74) is 8.45. The van der Waals surface area contributed by atoms with E-state index in [1.54, 1.807) is 5.38 Å². The number of carbonyl (C=O) groups is 1. The summed E-state index contributed by atoms with van der Waals surface area (Å²) in [6.45, 7) is 6.75. The predicted molar refractivity (Wildman–Crippen MR) is 106 cm³/mol. The van der Waals surface area contributed by atoms with Crippen LogP contribution in [0.4, 0.5) is 0 Å². The number of nitrogens with one attached hydrogen (secondary N) is 1. The fourth-order valence-electron chi connectivity index (χ4n) is 3.24. The van der Waals surface area contributed by atoms with Gasteiger partial charge in [0.25, 0.3) is 5.91 Å². The number of nitrogens with zero attached hydrogens (tertiary/aromatic N) is 2. The molecule has 5 nitrogen and oxygen atoms in total. The monoisotopic (exact) mass is 372 g/mol. The normalized spacial score (nSPS) is 15.9. The van der Waals surface area contributed by atoms with Crippen molar-refractivity contribution in [1.82, 2.24) is 15.2 Å². The van der Waals surface area contributed by atoms with Crippen molar-refractivity contribution in [3.05, 3.63) is 51.5 Å². The van der Waals surface area contributed by atoms with E-state index in [1.165, 1.54) is 42.8 Å². The van der Waals surface area contributed by atoms with Crippen molar-refractivity contribution in [3.63, 3.8) is 0 Å². The SMILES string of the molecule is CC1CCN(Cc2cccc(CNC(=O)c3csc(CCN)n3)c2)CC1. The quantitative estimate of drug-likeness (QED) is 0.784. The molecule has 0 aliphatic carbocycles. The van der Waals surface area contributed by atoms with Crippen LogP contribution in [0.2, 0.25) is 0 Å². The molecule has 1 amide bonds. The van der Waals surface area contributed by atoms with Crippen LogP contribution in [0.3, 0.4) is 0 Å². The summed E-state index contributed by atoms with van der Waals surface area (Å²) in [4.78, 5) is 19.1. The second kappa shape index (κ2) is 9.26. The van der Waals surface area contributed by atoms with Crippen molar-refractivity contribution in [2.75, 3.05) is 19.6 Å². The van der Waals surface area contributed by atoms with Crippen molar-refractivity contribution in [3.8, 4) is 0 Å². The molecule has 1 fully saturated rings. The van der Waals surface area contributed by atoms with E-state index in [0.717, 1.165) is 29.5 Å². The van der Waals surface area contributed by atoms with Crippen LogP contribution in [0.5, 0.6) is 0 Å². The van der Waals surface area contributed by atoms with Gasteiger partial charge in [-0.25, -0.2) is 4.98 Å². The highest BCUT2D eigenvalue weighted by molar-refractivity contribution is 7.09. The number of hydrogen-bond donors (Lipinski definition) is 2. The molecule has 26 heavy (non-hydrogen) atoms. The average molecular weight is 373 g/mol. The van der Waals surface area contributed by atoms with E-state index in [1.807, 2.05) is 0 Å². The number of hydrogen-bond acceptors (Lipinski definition) is 5. The third-order valence-electron chi connectivity index (χ3n) is 4.87. The molecule has 0 radical (unpaired) electrons. The molecule has 140 valence electrons. The predicted octanol–water partition coefficient (Wildman–Crippen LogP) is 2.81. The van der Waals surface area contributed by atoms with E-state index in [0.29, 0.717) is 18.8 Å². The van der Waals surface area contributed by atoms with Gasteiger partial charge in [-0.05, 0) is 49.5 Å². The van der Waals surface area contributed by atoms with Gasteiger partial charge in [0.15, 0.2) is 0 Å². The Morgan fingerprint density at radius 2 is 2.12 bits per heavy atom. The van der Waals surface area contributed by atoms with Crippen molar-refractivity contribution in [1.29, 1.82) is 0 Å². The minimum atomic E-state index is -0.125. The molecular formula is C20H28N4OS. The zero-order valence-corrected chi connectivity index (χ0v) is 16.2. The first-order valence-corrected chi connectivity index (χ1v) is 10.2. The Labute approximate surface area is 159 Å². The van der Waals surface area contributed by atoms with Crippen LogP contribution in [0.1, 0.15) is 46.4 Å². The highest BCUT2D eigenvalue weighted by Crippen LogP contribution is 2.18. The van der Waals surface area contributed by atoms with Crippen LogP contribution in [0.15, 0.2) is 29.6 Å². The van der Waals surface area contributed by atoms with Gasteiger partial charge in [-0.1, -0.05) is 31.2 Å². The van der Waals surface area contributed by atoms with E-state index >= 15 is 0 Å². The maximum Gasteiger partial charge on any atom is 0.271 e. The molecule has 6 heteroatoms. The Morgan fingerprint density at radius 1 is 1.35 bits per heavy atom. The Bertz CT molecular complexity index is 722. The van der Waals surface area contributed by atoms with Crippen LogP contribution in [-0.2, 0) is 19.5 Å². The Morgan fingerprint density at radius 3 is 2.88 bits per heavy atom. The molecule has 0 unspecified atom stereocenters. The molecule has 0 bridgehead atoms. The van der Waals surface area contributed by atoms with Crippen LogP contribution in [0.25, 0.3) is 0 Å². The van der Waals surface area contributed by atoms with Gasteiger partial charge in [0, 0.05) is 24.9 Å². The lowest BCUT2D eigenvalue weighted by Crippen LogP contribution is -2.32. The molecular weight excluding hydrogens is 344 g/mol. The molecule has 0 saturated carbocycles. The summed E-state index contributed by atoms with van der Waals surface area (Å²) in [6.07, 6.45) is 3.29. The summed E-state index contributed by atoms with van der Waals surface area (Å²) >= 11 is 1.49. The third kappa shape index (κ3) is 5.37. The zero-order chi connectivity index (χ0) is 18.4. The first kappa shape index (κ1) is 19.0. The number of piperidine rings is 1. The fourth-order valence-corrected chi connectivity index (χ4v) is 4.04. The smallest absolute Gasteiger partial charge is 0.271 e. The number of rotatable bonds is 7. The molecule has 2 heterocycles. The molecule has 3 N–H and O–H groups in total. The van der Waals surface area contributed by atoms with E-state index < -0.39 is 0 Å². The molecule has 1 aromatic heterocycles. The summed E-state index contributed by atoms with van der Waals surface area (Å²) < 4.78 is 0. The minimum absolute atomic E-state index is 0.125. The van der Waals surface area contributed by atoms with Gasteiger partial charge in [0.1, 0.15) is 5.69 Å². The molecule has 2 aromatic rings. The molecule has 1 aromatic carbocycles. The van der Waals surface area contributed by atoms with E-state index in [9.17, 15) is 4.79 Å². The number of amides is 1. The van der Waals surface area contributed by atoms with Crippen molar-refractivity contribution < 1.29 is 4.79 Å². The molecule has 0 spiro atoms. The second-order valence-electron chi connectivity index (χ2n) is 7.13. The Hall–Kier alpha value is -1.76. The summed E-state index contributed by atoms with van der Waals surface area (Å²) in [7, 11) is 0. The van der Waals surface area contributed by atoms with Gasteiger partial charge >= 0.3 is 0 Å². The maximum atomic E-state index is 12.3. The van der Waals surface area contributed by atoms with Crippen LogP contribution in [-0.4, -0.2) is 35.4 Å². The number of nitrogens with two attached hydrogens (primary N) is 1. The summed E-state index contributed by atoms with van der Waals surface area (Å²) in [6, 6.07) is 8.50. The van der Waals surface area contributed by atoms with Crippen molar-refractivity contribution in [2.24, 2.45) is 11.7 Å². The van der Waals surface area contributed by atoms with Gasteiger partial charge < -0.3 is 11.1 Å². The van der Waals surface area contributed by atoms with Crippen LogP contribution in [0, 0.1) is 5.92 Å². The average Bonchev–Trinajstić information content (AvgIpc) is 3.11. The minimum Gasteiger partial charge on any atom is -0.347 e. The lowest BCUT2D eigenvalue weighted by atomic mass is 9.98. The number of carbonyl (C=O) groups excluding carboxylic acids is 1. The van der Waals surface area contributed by atoms with Crippen LogP contribution >= 0.6 is 11.3 Å². The topological polar surface area (TPSA) is 71.2 Å². The number of aromatic nitrogens is 1. The van der Waals surface area contributed by atoms with Gasteiger partial charge in [-0.2, -0.15) is 0 Å². The highest BCUT2D eigenvalue weighted by atomic mass is 32.1. The lowest BCUT2D eigenvalue weighted by Gasteiger charge is -2.30. The fraction of sp³-hybridized carbons (Fsp3) is 0.500. The highest BCUT2D eigenvalue weighted by Gasteiger charge is 2.16. The zero-order valence-electron chi connectivity index (χ0n) is 15.4. The number of benzene rings is 1. The molecule has 1 aliphatic heterocycles. The molecule has 3 rings (SSSR count). The standard InChI is InChI=1S/C20H28N4OS/c1-15-6-9-24(10-7-15)13-17-4-2-3-16(11-17)12-22-20(25)18-14-26-19(23-18)5-8-21/h2-4,11,14-15H,5-10,12-13,21H2,1H3,(H,22,25). The lowest BCUT2D eigenvalue weighted by molar-refractivity contribution is 0.0946. The molecule has 1 aliphatic rings. The van der Waals surface area contributed by atoms with Gasteiger partial charge in [-0.3, -0.25) is 9.69 Å². The first-order chi connectivity index (χ1) is 12.6. The molecule has 0 atom stereocenters. The number of likely N-dealkylation sites (tertiary alicyclic amines) is 1. The van der Waals surface area contributed by atoms with Crippen LogP contribution < -0.4 is 11.1 Å². The van der Waals surface area contributed by atoms with Gasteiger partial charge in [0.05, 0.1) is 5.01 Å². The van der Waals surface area contributed by atoms with Gasteiger partial charge in [-0.15, -0.1) is 11.3 Å². The Balaban J connectivity index is 1.52.